The number of benzene rings is 1. The maximum Gasteiger partial charge on any atom is 0.299 e. The van der Waals surface area contributed by atoms with Crippen molar-refractivity contribution >= 4 is 63.5 Å². The van der Waals surface area contributed by atoms with Crippen LogP contribution in [0.1, 0.15) is 39.2 Å². The Labute approximate surface area is 293 Å². The first-order valence-electron chi connectivity index (χ1n) is 15.6. The number of aromatic hydroxyl groups is 1. The molecular formula is C32H31Cl2N9O5S. The molecule has 0 radical (unpaired) electrons. The molecule has 0 bridgehead atoms. The number of nitrogens with zero attached hydrogens (tertiary/aromatic N) is 8. The van der Waals surface area contributed by atoms with E-state index in [0.717, 1.165) is 16.2 Å². The Kier molecular flexibility index (Phi) is 9.00. The van der Waals surface area contributed by atoms with Gasteiger partial charge in [-0.2, -0.15) is 9.50 Å². The normalized spacial score (nSPS) is 14.7. The van der Waals surface area contributed by atoms with Gasteiger partial charge in [-0.05, 0) is 49.6 Å². The number of fused-ring (bicyclic) bond motifs is 2. The summed E-state index contributed by atoms with van der Waals surface area (Å²) in [6.07, 6.45) is 2.43. The molecule has 0 atom stereocenters. The van der Waals surface area contributed by atoms with Gasteiger partial charge in [0.2, 0.25) is 11.7 Å². The molecule has 4 aromatic heterocycles. The van der Waals surface area contributed by atoms with Crippen LogP contribution in [0.25, 0.3) is 16.5 Å². The van der Waals surface area contributed by atoms with Crippen molar-refractivity contribution in [3.8, 4) is 16.5 Å². The van der Waals surface area contributed by atoms with Gasteiger partial charge in [-0.25, -0.2) is 9.97 Å². The van der Waals surface area contributed by atoms with Crippen molar-refractivity contribution in [2.75, 3.05) is 43.0 Å². The van der Waals surface area contributed by atoms with Gasteiger partial charge >= 0.3 is 0 Å². The number of amides is 2. The van der Waals surface area contributed by atoms with E-state index in [1.54, 1.807) is 34.6 Å². The number of aryl methyl sites for hydroxylation is 1. The Hall–Kier alpha value is -4.57. The molecule has 14 nitrogen and oxygen atoms in total. The molecule has 1 saturated heterocycles. The summed E-state index contributed by atoms with van der Waals surface area (Å²) in [7, 11) is 0. The fourth-order valence-electron chi connectivity index (χ4n) is 6.12. The van der Waals surface area contributed by atoms with E-state index in [1.165, 1.54) is 27.7 Å². The number of hydrogen-bond donors (Lipinski definition) is 2. The van der Waals surface area contributed by atoms with Gasteiger partial charge in [-0.15, -0.1) is 16.4 Å². The van der Waals surface area contributed by atoms with Crippen molar-refractivity contribution in [3.63, 3.8) is 0 Å². The molecule has 49 heavy (non-hydrogen) atoms. The van der Waals surface area contributed by atoms with Crippen LogP contribution in [0.2, 0.25) is 10.0 Å². The molecule has 6 heterocycles. The van der Waals surface area contributed by atoms with E-state index in [-0.39, 0.29) is 53.3 Å². The molecular weight excluding hydrogens is 693 g/mol. The summed E-state index contributed by atoms with van der Waals surface area (Å²) in [5, 5.41) is 18.6. The number of anilines is 2. The molecule has 0 unspecified atom stereocenters. The molecule has 17 heteroatoms. The highest BCUT2D eigenvalue weighted by atomic mass is 35.5. The molecule has 0 aliphatic carbocycles. The summed E-state index contributed by atoms with van der Waals surface area (Å²) in [5.41, 5.74) is 2.40. The van der Waals surface area contributed by atoms with Gasteiger partial charge in [0.25, 0.3) is 11.5 Å². The largest absolute Gasteiger partial charge is 0.504 e. The number of carbonyl (C=O) groups excluding carboxylic acids is 2. The lowest BCUT2D eigenvalue weighted by atomic mass is 10.1. The van der Waals surface area contributed by atoms with Crippen molar-refractivity contribution in [1.29, 1.82) is 0 Å². The van der Waals surface area contributed by atoms with Crippen LogP contribution >= 0.6 is 34.5 Å². The van der Waals surface area contributed by atoms with Crippen LogP contribution in [0.5, 0.6) is 5.75 Å². The van der Waals surface area contributed by atoms with E-state index >= 15 is 0 Å². The molecule has 2 amide bonds. The second-order valence-electron chi connectivity index (χ2n) is 11.7. The molecule has 2 aliphatic heterocycles. The standard InChI is InChI=1S/C32H31Cl2N9O5S/c1-3-22-27(40-7-9-41(10-8-40)30(46)26-28(45)17(2)35-16-36-26)31(47)43-32(38-29(39-43)23-12-18-6-11-48-15-24(18)49-23)42(22)14-25(44)37-21-5-4-19(33)13-20(21)34/h4-5,12-13,16,45H,3,6-11,14-15H2,1-2H3,(H,37,44). The van der Waals surface area contributed by atoms with Crippen molar-refractivity contribution in [1.82, 2.24) is 34.0 Å². The quantitative estimate of drug-likeness (QED) is 0.252. The van der Waals surface area contributed by atoms with Gasteiger partial charge in [-0.1, -0.05) is 30.1 Å². The maximum atomic E-state index is 14.3. The number of hydrogen-bond acceptors (Lipinski definition) is 11. The number of rotatable bonds is 7. The summed E-state index contributed by atoms with van der Waals surface area (Å²) in [5.74, 6) is -0.464. The van der Waals surface area contributed by atoms with E-state index in [1.807, 2.05) is 17.9 Å². The summed E-state index contributed by atoms with van der Waals surface area (Å²) >= 11 is 13.9. The Bertz CT molecular complexity index is 2150. The third-order valence-corrected chi connectivity index (χ3v) is 10.3. The van der Waals surface area contributed by atoms with Crippen molar-refractivity contribution in [2.45, 2.75) is 39.8 Å². The smallest absolute Gasteiger partial charge is 0.299 e. The zero-order valence-electron chi connectivity index (χ0n) is 26.6. The predicted molar refractivity (Wildman–Crippen MR) is 185 cm³/mol. The van der Waals surface area contributed by atoms with E-state index in [0.29, 0.717) is 66.3 Å². The number of halogens is 2. The minimum atomic E-state index is -0.422. The van der Waals surface area contributed by atoms with Crippen molar-refractivity contribution < 1.29 is 19.4 Å². The third-order valence-electron chi connectivity index (χ3n) is 8.62. The summed E-state index contributed by atoms with van der Waals surface area (Å²) in [6.45, 7) is 5.64. The van der Waals surface area contributed by atoms with Crippen molar-refractivity contribution in [2.24, 2.45) is 0 Å². The Morgan fingerprint density at radius 1 is 1.12 bits per heavy atom. The van der Waals surface area contributed by atoms with Crippen LogP contribution in [-0.4, -0.2) is 83.7 Å². The average molecular weight is 725 g/mol. The lowest BCUT2D eigenvalue weighted by Gasteiger charge is -2.36. The van der Waals surface area contributed by atoms with Crippen LogP contribution in [-0.2, 0) is 35.5 Å². The first-order valence-corrected chi connectivity index (χ1v) is 17.2. The van der Waals surface area contributed by atoms with Gasteiger partial charge in [0, 0.05) is 36.1 Å². The van der Waals surface area contributed by atoms with E-state index in [2.05, 4.69) is 20.4 Å². The molecule has 1 fully saturated rings. The van der Waals surface area contributed by atoms with Crippen LogP contribution < -0.4 is 15.8 Å². The number of aromatic nitrogens is 6. The number of ether oxygens (including phenoxy) is 1. The first-order chi connectivity index (χ1) is 23.6. The van der Waals surface area contributed by atoms with Gasteiger partial charge in [0.1, 0.15) is 18.6 Å². The van der Waals surface area contributed by atoms with E-state index in [4.69, 9.17) is 32.9 Å². The van der Waals surface area contributed by atoms with E-state index in [9.17, 15) is 19.5 Å². The lowest BCUT2D eigenvalue weighted by Crippen LogP contribution is -2.51. The summed E-state index contributed by atoms with van der Waals surface area (Å²) in [4.78, 5) is 59.2. The molecule has 2 aliphatic rings. The number of carbonyl (C=O) groups is 2. The van der Waals surface area contributed by atoms with Gasteiger partial charge in [0.15, 0.2) is 17.3 Å². The highest BCUT2D eigenvalue weighted by molar-refractivity contribution is 7.15. The summed E-state index contributed by atoms with van der Waals surface area (Å²) in [6, 6.07) is 6.83. The Morgan fingerprint density at radius 3 is 2.65 bits per heavy atom. The fourth-order valence-corrected chi connectivity index (χ4v) is 7.66. The van der Waals surface area contributed by atoms with Crippen LogP contribution in [0, 0.1) is 6.92 Å². The number of nitrogens with one attached hydrogen (secondary N) is 1. The minimum Gasteiger partial charge on any atom is -0.504 e. The summed E-state index contributed by atoms with van der Waals surface area (Å²) < 4.78 is 8.58. The predicted octanol–water partition coefficient (Wildman–Crippen LogP) is 3.97. The molecule has 1 aromatic carbocycles. The van der Waals surface area contributed by atoms with Crippen LogP contribution in [0.15, 0.2) is 35.4 Å². The van der Waals surface area contributed by atoms with Crippen molar-refractivity contribution in [3.05, 3.63) is 78.5 Å². The first kappa shape index (κ1) is 33.0. The second kappa shape index (κ2) is 13.4. The van der Waals surface area contributed by atoms with Gasteiger partial charge in [-0.3, -0.25) is 14.4 Å². The Balaban J connectivity index is 1.26. The highest BCUT2D eigenvalue weighted by Gasteiger charge is 2.31. The molecule has 2 N–H and O–H groups in total. The van der Waals surface area contributed by atoms with E-state index < -0.39 is 5.91 Å². The van der Waals surface area contributed by atoms with Gasteiger partial charge < -0.3 is 29.5 Å². The molecule has 254 valence electrons. The lowest BCUT2D eigenvalue weighted by molar-refractivity contribution is -0.116. The monoisotopic (exact) mass is 723 g/mol. The molecule has 0 saturated carbocycles. The topological polar surface area (TPSA) is 160 Å². The third kappa shape index (κ3) is 6.23. The van der Waals surface area contributed by atoms with Gasteiger partial charge in [0.05, 0.1) is 40.2 Å². The molecule has 5 aromatic rings. The maximum absolute atomic E-state index is 14.3. The fraction of sp³-hybridized carbons (Fsp3) is 0.344. The average Bonchev–Trinajstić information content (AvgIpc) is 3.74. The molecule has 7 rings (SSSR count). The SMILES string of the molecule is CCc1c(N2CCN(C(=O)c3ncnc(C)c3O)CC2)c(=O)n2nc(-c3cc4c(s3)COCC4)nc2n1CC(=O)Nc1ccc(Cl)cc1Cl. The second-order valence-corrected chi connectivity index (χ2v) is 13.6. The molecule has 0 spiro atoms. The minimum absolute atomic E-state index is 0.0669. The zero-order valence-corrected chi connectivity index (χ0v) is 28.9. The number of thiophene rings is 1. The Morgan fingerprint density at radius 2 is 1.92 bits per heavy atom. The van der Waals surface area contributed by atoms with Crippen LogP contribution in [0.4, 0.5) is 11.4 Å². The highest BCUT2D eigenvalue weighted by Crippen LogP contribution is 2.33. The van der Waals surface area contributed by atoms with Crippen LogP contribution in [0.3, 0.4) is 0 Å². The zero-order chi connectivity index (χ0) is 34.4. The number of piperazine rings is 1.